The molecule has 0 saturated heterocycles. The fraction of sp³-hybridized carbons (Fsp3) is 0.333. The van der Waals surface area contributed by atoms with Gasteiger partial charge in [0.15, 0.2) is 0 Å². The molecule has 0 aromatic heterocycles. The Balaban J connectivity index is 1.74. The lowest BCUT2D eigenvalue weighted by Crippen LogP contribution is -2.25. The van der Waals surface area contributed by atoms with Crippen LogP contribution in [0.15, 0.2) is 48.5 Å². The molecule has 0 spiro atoms. The van der Waals surface area contributed by atoms with Crippen molar-refractivity contribution in [3.63, 3.8) is 0 Å². The Morgan fingerprint density at radius 3 is 2.43 bits per heavy atom. The molecule has 1 aliphatic carbocycles. The summed E-state index contributed by atoms with van der Waals surface area (Å²) in [5.41, 5.74) is 9.15. The molecule has 2 aromatic carbocycles. The Labute approximate surface area is 126 Å². The van der Waals surface area contributed by atoms with E-state index < -0.39 is 0 Å². The molecule has 1 saturated carbocycles. The molecule has 3 nitrogen and oxygen atoms in total. The van der Waals surface area contributed by atoms with Gasteiger partial charge in [-0.2, -0.15) is 0 Å². The molecule has 21 heavy (non-hydrogen) atoms. The van der Waals surface area contributed by atoms with Crippen LogP contribution >= 0.6 is 0 Å². The summed E-state index contributed by atoms with van der Waals surface area (Å²) in [5, 5.41) is 0. The molecular weight excluding hydrogens is 260 g/mol. The summed E-state index contributed by atoms with van der Waals surface area (Å²) in [6.45, 7) is 1.89. The first kappa shape index (κ1) is 14.0. The quantitative estimate of drug-likeness (QED) is 0.825. The van der Waals surface area contributed by atoms with Gasteiger partial charge in [0.1, 0.15) is 5.75 Å². The maximum Gasteiger partial charge on any atom is 0.123 e. The summed E-state index contributed by atoms with van der Waals surface area (Å²) in [5.74, 6) is 0.973. The molecule has 110 valence electrons. The number of nitrogens with zero attached hydrogens (tertiary/aromatic N) is 1. The number of benzene rings is 2. The SMILES string of the molecule is COc1ccccc1CN(Cc1ccc(N)cc1)C1CC1. The van der Waals surface area contributed by atoms with E-state index in [4.69, 9.17) is 10.5 Å². The average Bonchev–Trinajstić information content (AvgIpc) is 3.34. The number of rotatable bonds is 6. The molecule has 0 bridgehead atoms. The molecule has 2 N–H and O–H groups in total. The lowest BCUT2D eigenvalue weighted by Gasteiger charge is -2.23. The van der Waals surface area contributed by atoms with Crippen molar-refractivity contribution in [3.8, 4) is 5.75 Å². The smallest absolute Gasteiger partial charge is 0.123 e. The van der Waals surface area contributed by atoms with E-state index in [9.17, 15) is 0 Å². The van der Waals surface area contributed by atoms with Crippen LogP contribution in [0.25, 0.3) is 0 Å². The molecule has 0 aliphatic heterocycles. The molecule has 1 aliphatic rings. The van der Waals surface area contributed by atoms with Gasteiger partial charge in [0, 0.05) is 30.4 Å². The summed E-state index contributed by atoms with van der Waals surface area (Å²) in [6, 6.07) is 17.2. The molecule has 0 unspecified atom stereocenters. The number of anilines is 1. The van der Waals surface area contributed by atoms with Crippen molar-refractivity contribution in [1.29, 1.82) is 0 Å². The Morgan fingerprint density at radius 1 is 1.05 bits per heavy atom. The lowest BCUT2D eigenvalue weighted by molar-refractivity contribution is 0.242. The fourth-order valence-corrected chi connectivity index (χ4v) is 2.66. The van der Waals surface area contributed by atoms with Crippen molar-refractivity contribution in [1.82, 2.24) is 4.90 Å². The molecule has 3 heteroatoms. The van der Waals surface area contributed by atoms with E-state index in [1.807, 2.05) is 24.3 Å². The minimum Gasteiger partial charge on any atom is -0.496 e. The number of hydrogen-bond donors (Lipinski definition) is 1. The van der Waals surface area contributed by atoms with E-state index in [0.29, 0.717) is 6.04 Å². The van der Waals surface area contributed by atoms with Crippen LogP contribution in [0.3, 0.4) is 0 Å². The molecule has 0 amide bonds. The van der Waals surface area contributed by atoms with Crippen LogP contribution in [-0.4, -0.2) is 18.1 Å². The third kappa shape index (κ3) is 3.56. The van der Waals surface area contributed by atoms with Crippen molar-refractivity contribution in [2.24, 2.45) is 0 Å². The Bertz CT molecular complexity index is 590. The first-order valence-electron chi connectivity index (χ1n) is 7.46. The molecule has 0 radical (unpaired) electrons. The van der Waals surface area contributed by atoms with Gasteiger partial charge >= 0.3 is 0 Å². The third-order valence-electron chi connectivity index (χ3n) is 3.99. The number of nitrogens with two attached hydrogens (primary N) is 1. The summed E-state index contributed by atoms with van der Waals surface area (Å²) >= 11 is 0. The van der Waals surface area contributed by atoms with E-state index in [1.54, 1.807) is 7.11 Å². The van der Waals surface area contributed by atoms with E-state index in [-0.39, 0.29) is 0 Å². The molecule has 0 heterocycles. The predicted octanol–water partition coefficient (Wildman–Crippen LogP) is 3.44. The first-order valence-corrected chi connectivity index (χ1v) is 7.46. The van der Waals surface area contributed by atoms with Crippen molar-refractivity contribution in [2.45, 2.75) is 32.0 Å². The number of ether oxygens (including phenoxy) is 1. The van der Waals surface area contributed by atoms with Crippen LogP contribution in [0, 0.1) is 0 Å². The van der Waals surface area contributed by atoms with Gasteiger partial charge in [0.2, 0.25) is 0 Å². The van der Waals surface area contributed by atoms with Crippen LogP contribution < -0.4 is 10.5 Å². The second-order valence-electron chi connectivity index (χ2n) is 5.69. The van der Waals surface area contributed by atoms with Gasteiger partial charge in [-0.05, 0) is 36.6 Å². The topological polar surface area (TPSA) is 38.5 Å². The van der Waals surface area contributed by atoms with Crippen molar-refractivity contribution >= 4 is 5.69 Å². The third-order valence-corrected chi connectivity index (χ3v) is 3.99. The first-order chi connectivity index (χ1) is 10.3. The number of nitrogen functional groups attached to an aromatic ring is 1. The van der Waals surface area contributed by atoms with Gasteiger partial charge in [0.05, 0.1) is 7.11 Å². The van der Waals surface area contributed by atoms with Crippen molar-refractivity contribution in [3.05, 3.63) is 59.7 Å². The van der Waals surface area contributed by atoms with E-state index in [1.165, 1.54) is 24.0 Å². The zero-order chi connectivity index (χ0) is 14.7. The zero-order valence-corrected chi connectivity index (χ0v) is 12.5. The Kier molecular flexibility index (Phi) is 4.11. The highest BCUT2D eigenvalue weighted by Gasteiger charge is 2.29. The second-order valence-corrected chi connectivity index (χ2v) is 5.69. The normalized spacial score (nSPS) is 14.4. The maximum absolute atomic E-state index is 5.76. The van der Waals surface area contributed by atoms with Crippen LogP contribution in [0.1, 0.15) is 24.0 Å². The van der Waals surface area contributed by atoms with E-state index in [0.717, 1.165) is 24.5 Å². The minimum atomic E-state index is 0.701. The number of methoxy groups -OCH3 is 1. The van der Waals surface area contributed by atoms with Gasteiger partial charge in [-0.25, -0.2) is 0 Å². The van der Waals surface area contributed by atoms with Gasteiger partial charge in [-0.15, -0.1) is 0 Å². The summed E-state index contributed by atoms with van der Waals surface area (Å²) < 4.78 is 5.47. The van der Waals surface area contributed by atoms with Gasteiger partial charge in [-0.3, -0.25) is 4.90 Å². The van der Waals surface area contributed by atoms with Crippen LogP contribution in [0.4, 0.5) is 5.69 Å². The summed E-state index contributed by atoms with van der Waals surface area (Å²) in [4.78, 5) is 2.53. The molecule has 3 rings (SSSR count). The van der Waals surface area contributed by atoms with Crippen LogP contribution in [0.2, 0.25) is 0 Å². The zero-order valence-electron chi connectivity index (χ0n) is 12.5. The summed E-state index contributed by atoms with van der Waals surface area (Å²) in [7, 11) is 1.74. The van der Waals surface area contributed by atoms with E-state index in [2.05, 4.69) is 29.2 Å². The van der Waals surface area contributed by atoms with Gasteiger partial charge in [-0.1, -0.05) is 30.3 Å². The van der Waals surface area contributed by atoms with Crippen LogP contribution in [-0.2, 0) is 13.1 Å². The van der Waals surface area contributed by atoms with E-state index >= 15 is 0 Å². The molecule has 2 aromatic rings. The lowest BCUT2D eigenvalue weighted by atomic mass is 10.1. The highest BCUT2D eigenvalue weighted by Crippen LogP contribution is 2.31. The minimum absolute atomic E-state index is 0.701. The van der Waals surface area contributed by atoms with Gasteiger partial charge < -0.3 is 10.5 Å². The van der Waals surface area contributed by atoms with Crippen molar-refractivity contribution < 1.29 is 4.74 Å². The number of para-hydroxylation sites is 1. The Hall–Kier alpha value is -2.00. The fourth-order valence-electron chi connectivity index (χ4n) is 2.66. The largest absolute Gasteiger partial charge is 0.496 e. The maximum atomic E-state index is 5.76. The molecule has 1 fully saturated rings. The van der Waals surface area contributed by atoms with Crippen molar-refractivity contribution in [2.75, 3.05) is 12.8 Å². The average molecular weight is 282 g/mol. The monoisotopic (exact) mass is 282 g/mol. The second kappa shape index (κ2) is 6.19. The molecular formula is C18H22N2O. The Morgan fingerprint density at radius 2 is 1.76 bits per heavy atom. The highest BCUT2D eigenvalue weighted by atomic mass is 16.5. The predicted molar refractivity (Wildman–Crippen MR) is 86.1 cm³/mol. The summed E-state index contributed by atoms with van der Waals surface area (Å²) in [6.07, 6.45) is 2.59. The number of hydrogen-bond acceptors (Lipinski definition) is 3. The van der Waals surface area contributed by atoms with Crippen LogP contribution in [0.5, 0.6) is 5.75 Å². The molecule has 0 atom stereocenters. The van der Waals surface area contributed by atoms with Gasteiger partial charge in [0.25, 0.3) is 0 Å². The standard InChI is InChI=1S/C18H22N2O/c1-21-18-5-3-2-4-15(18)13-20(17-10-11-17)12-14-6-8-16(19)9-7-14/h2-9,17H,10-13,19H2,1H3. The highest BCUT2D eigenvalue weighted by molar-refractivity contribution is 5.39.